The van der Waals surface area contributed by atoms with Crippen LogP contribution in [0.3, 0.4) is 0 Å². The van der Waals surface area contributed by atoms with E-state index in [1.807, 2.05) is 0 Å². The Morgan fingerprint density at radius 3 is 1.70 bits per heavy atom. The van der Waals surface area contributed by atoms with Gasteiger partial charge >= 0.3 is 5.97 Å². The van der Waals surface area contributed by atoms with Gasteiger partial charge in [-0.3, -0.25) is 4.79 Å². The zero-order valence-corrected chi connectivity index (χ0v) is 34.1. The van der Waals surface area contributed by atoms with E-state index >= 15 is 0 Å². The lowest BCUT2D eigenvalue weighted by Gasteiger charge is -2.42. The molecule has 2 aliphatic rings. The lowest BCUT2D eigenvalue weighted by atomic mass is 9.98. The Balaban J connectivity index is 1.85. The van der Waals surface area contributed by atoms with Crippen molar-refractivity contribution in [2.24, 2.45) is 0 Å². The molecule has 56 heavy (non-hydrogen) atoms. The number of carbonyl (C=O) groups excluding carboxylic acids is 1. The molecule has 0 spiro atoms. The highest BCUT2D eigenvalue weighted by Crippen LogP contribution is 2.26. The molecule has 14 nitrogen and oxygen atoms in total. The van der Waals surface area contributed by atoms with E-state index in [1.165, 1.54) is 38.5 Å². The Bertz CT molecular complexity index is 1030. The number of hydrogen-bond acceptors (Lipinski definition) is 14. The summed E-state index contributed by atoms with van der Waals surface area (Å²) in [6.45, 7) is 3.54. The van der Waals surface area contributed by atoms with E-state index in [-0.39, 0.29) is 19.6 Å². The lowest BCUT2D eigenvalue weighted by Crippen LogP contribution is -2.61. The topological polar surface area (TPSA) is 214 Å². The monoisotopic (exact) mass is 805 g/mol. The van der Waals surface area contributed by atoms with Crippen molar-refractivity contribution in [3.63, 3.8) is 0 Å². The fourth-order valence-corrected chi connectivity index (χ4v) is 6.56. The van der Waals surface area contributed by atoms with Gasteiger partial charge in [0.15, 0.2) is 12.6 Å². The third-order valence-corrected chi connectivity index (χ3v) is 10.2. The summed E-state index contributed by atoms with van der Waals surface area (Å²) in [5.41, 5.74) is 0. The normalized spacial score (nSPS) is 29.0. The Kier molecular flexibility index (Phi) is 28.4. The fourth-order valence-electron chi connectivity index (χ4n) is 6.56. The largest absolute Gasteiger partial charge is 0.457 e. The van der Waals surface area contributed by atoms with Crippen LogP contribution in [0, 0.1) is 0 Å². The summed E-state index contributed by atoms with van der Waals surface area (Å²) in [5.74, 6) is -0.392. The van der Waals surface area contributed by atoms with Crippen LogP contribution < -0.4 is 0 Å². The van der Waals surface area contributed by atoms with Crippen LogP contribution in [0.5, 0.6) is 0 Å². The van der Waals surface area contributed by atoms with Crippen molar-refractivity contribution in [2.45, 2.75) is 203 Å². The van der Waals surface area contributed by atoms with Gasteiger partial charge in [0.25, 0.3) is 0 Å². The number of unbranched alkanes of at least 4 members (excludes halogenated alkanes) is 14. The van der Waals surface area contributed by atoms with E-state index in [2.05, 4.69) is 38.2 Å². The molecule has 11 unspecified atom stereocenters. The van der Waals surface area contributed by atoms with Gasteiger partial charge in [0.2, 0.25) is 0 Å². The number of hydrogen-bond donors (Lipinski definition) is 7. The average Bonchev–Trinajstić information content (AvgIpc) is 3.19. The third kappa shape index (κ3) is 20.4. The van der Waals surface area contributed by atoms with E-state index in [4.69, 9.17) is 28.4 Å². The summed E-state index contributed by atoms with van der Waals surface area (Å²) in [6.07, 6.45) is 12.6. The van der Waals surface area contributed by atoms with E-state index in [0.717, 1.165) is 70.6 Å². The molecule has 2 saturated heterocycles. The van der Waals surface area contributed by atoms with Crippen molar-refractivity contribution in [1.29, 1.82) is 0 Å². The van der Waals surface area contributed by atoms with Gasteiger partial charge in [0, 0.05) is 13.0 Å². The molecule has 0 saturated carbocycles. The molecule has 0 radical (unpaired) electrons. The van der Waals surface area contributed by atoms with Crippen molar-refractivity contribution in [3.05, 3.63) is 24.3 Å². The van der Waals surface area contributed by atoms with Gasteiger partial charge < -0.3 is 64.2 Å². The number of ether oxygens (including phenoxy) is 6. The van der Waals surface area contributed by atoms with Gasteiger partial charge in [-0.05, 0) is 51.4 Å². The van der Waals surface area contributed by atoms with Crippen molar-refractivity contribution in [1.82, 2.24) is 0 Å². The second-order valence-corrected chi connectivity index (χ2v) is 15.2. The zero-order chi connectivity index (χ0) is 41.0. The molecule has 11 atom stereocenters. The van der Waals surface area contributed by atoms with Gasteiger partial charge in [-0.1, -0.05) is 102 Å². The molecule has 7 N–H and O–H groups in total. The van der Waals surface area contributed by atoms with Crippen LogP contribution in [0.4, 0.5) is 0 Å². The molecule has 0 aliphatic carbocycles. The second kappa shape index (κ2) is 31.4. The van der Waals surface area contributed by atoms with Crippen LogP contribution in [0.1, 0.15) is 136 Å². The molecule has 0 aromatic carbocycles. The van der Waals surface area contributed by atoms with E-state index in [0.29, 0.717) is 13.0 Å². The molecule has 0 aromatic heterocycles. The average molecular weight is 805 g/mol. The molecular weight excluding hydrogens is 728 g/mol. The van der Waals surface area contributed by atoms with Crippen LogP contribution in [-0.2, 0) is 33.2 Å². The lowest BCUT2D eigenvalue weighted by molar-refractivity contribution is -0.332. The maximum Gasteiger partial charge on any atom is 0.306 e. The van der Waals surface area contributed by atoms with E-state index in [9.17, 15) is 40.5 Å². The maximum atomic E-state index is 12.9. The summed E-state index contributed by atoms with van der Waals surface area (Å²) in [7, 11) is 0. The van der Waals surface area contributed by atoms with Crippen molar-refractivity contribution < 1.29 is 69.0 Å². The Morgan fingerprint density at radius 1 is 0.571 bits per heavy atom. The molecular formula is C42H76O14. The predicted octanol–water partition coefficient (Wildman–Crippen LogP) is 4.12. The first kappa shape index (κ1) is 50.6. The number of aliphatic hydroxyl groups is 7. The minimum atomic E-state index is -1.70. The summed E-state index contributed by atoms with van der Waals surface area (Å²) >= 11 is 0. The van der Waals surface area contributed by atoms with Crippen LogP contribution in [-0.4, -0.2) is 142 Å². The first-order chi connectivity index (χ1) is 27.1. The molecule has 328 valence electrons. The highest BCUT2D eigenvalue weighted by atomic mass is 16.7. The number of allylic oxidation sites excluding steroid dienone is 4. The summed E-state index contributed by atoms with van der Waals surface area (Å²) < 4.78 is 34.0. The van der Waals surface area contributed by atoms with Gasteiger partial charge in [0.05, 0.1) is 26.4 Å². The molecule has 2 fully saturated rings. The first-order valence-corrected chi connectivity index (χ1v) is 21.4. The molecule has 2 aliphatic heterocycles. The van der Waals surface area contributed by atoms with Crippen LogP contribution >= 0.6 is 0 Å². The van der Waals surface area contributed by atoms with E-state index in [1.54, 1.807) is 0 Å². The SMILES string of the molecule is CCC/C=C\CCCCCCCCOCC(COC1OC(COC2OC(CO)C(O)C(O)C2O)C(O)C(O)C1O)OC(=O)CCCCCCC/C=C\CCCC. The Hall–Kier alpha value is -1.53. The van der Waals surface area contributed by atoms with Crippen molar-refractivity contribution in [2.75, 3.05) is 33.0 Å². The quantitative estimate of drug-likeness (QED) is 0.0290. The number of rotatable bonds is 32. The van der Waals surface area contributed by atoms with E-state index < -0.39 is 86.7 Å². The highest BCUT2D eigenvalue weighted by Gasteiger charge is 2.47. The smallest absolute Gasteiger partial charge is 0.306 e. The highest BCUT2D eigenvalue weighted by molar-refractivity contribution is 5.69. The molecule has 2 rings (SSSR count). The van der Waals surface area contributed by atoms with Crippen LogP contribution in [0.2, 0.25) is 0 Å². The molecule has 0 aromatic rings. The van der Waals surface area contributed by atoms with Gasteiger partial charge in [0.1, 0.15) is 54.9 Å². The second-order valence-electron chi connectivity index (χ2n) is 15.2. The number of carbonyl (C=O) groups is 1. The van der Waals surface area contributed by atoms with Crippen molar-refractivity contribution >= 4 is 5.97 Å². The third-order valence-electron chi connectivity index (χ3n) is 10.2. The van der Waals surface area contributed by atoms with Crippen LogP contribution in [0.15, 0.2) is 24.3 Å². The summed E-state index contributed by atoms with van der Waals surface area (Å²) in [6, 6.07) is 0. The maximum absolute atomic E-state index is 12.9. The molecule has 14 heteroatoms. The minimum absolute atomic E-state index is 0.0548. The molecule has 0 bridgehead atoms. The summed E-state index contributed by atoms with van der Waals surface area (Å²) in [4.78, 5) is 12.9. The standard InChI is InChI=1S/C42H76O14/c1-3-5-7-9-11-13-15-17-19-21-23-25-34(44)54-31(28-51-26-24-22-20-18-16-14-12-10-8-6-4-2)29-52-41-40(50)38(48)36(46)33(56-41)30-53-42-39(49)37(47)35(45)32(27-43)55-42/h8-11,31-33,35-43,45-50H,3-7,12-30H2,1-2H3/b10-8-,11-9-. The fraction of sp³-hybridized carbons (Fsp3) is 0.881. The van der Waals surface area contributed by atoms with Gasteiger partial charge in [-0.25, -0.2) is 0 Å². The van der Waals surface area contributed by atoms with Gasteiger partial charge in [-0.15, -0.1) is 0 Å². The van der Waals surface area contributed by atoms with Gasteiger partial charge in [-0.2, -0.15) is 0 Å². The first-order valence-electron chi connectivity index (χ1n) is 21.4. The Morgan fingerprint density at radius 2 is 1.09 bits per heavy atom. The minimum Gasteiger partial charge on any atom is -0.457 e. The summed E-state index contributed by atoms with van der Waals surface area (Å²) in [5, 5.41) is 71.7. The predicted molar refractivity (Wildman–Crippen MR) is 210 cm³/mol. The zero-order valence-electron chi connectivity index (χ0n) is 34.1. The molecule has 2 heterocycles. The number of aliphatic hydroxyl groups excluding tert-OH is 7. The molecule has 0 amide bonds. The van der Waals surface area contributed by atoms with Crippen molar-refractivity contribution in [3.8, 4) is 0 Å². The van der Waals surface area contributed by atoms with Crippen LogP contribution in [0.25, 0.3) is 0 Å². The Labute approximate surface area is 335 Å². The number of esters is 1.